The van der Waals surface area contributed by atoms with Gasteiger partial charge < -0.3 is 10.4 Å². The van der Waals surface area contributed by atoms with E-state index in [1.807, 2.05) is 18.2 Å². The van der Waals surface area contributed by atoms with E-state index in [-0.39, 0.29) is 12.5 Å². The lowest BCUT2D eigenvalue weighted by Gasteiger charge is -2.39. The van der Waals surface area contributed by atoms with E-state index in [9.17, 15) is 9.90 Å². The molecule has 2 N–H and O–H groups in total. The van der Waals surface area contributed by atoms with E-state index in [0.717, 1.165) is 24.2 Å². The summed E-state index contributed by atoms with van der Waals surface area (Å²) in [5.41, 5.74) is 0.791. The number of aliphatic hydroxyl groups excluding tert-OH is 1. The van der Waals surface area contributed by atoms with E-state index in [1.165, 1.54) is 12.0 Å². The van der Waals surface area contributed by atoms with Gasteiger partial charge in [-0.1, -0.05) is 38.0 Å². The van der Waals surface area contributed by atoms with Gasteiger partial charge >= 0.3 is 0 Å². The first kappa shape index (κ1) is 16.4. The maximum Gasteiger partial charge on any atom is 0.230 e. The van der Waals surface area contributed by atoms with Gasteiger partial charge in [-0.25, -0.2) is 0 Å². The summed E-state index contributed by atoms with van der Waals surface area (Å²) in [6.07, 6.45) is 4.03. The minimum atomic E-state index is -0.402. The largest absolute Gasteiger partial charge is 0.394 e. The Bertz CT molecular complexity index is 491. The van der Waals surface area contributed by atoms with Gasteiger partial charge in [0.15, 0.2) is 0 Å². The predicted octanol–water partition coefficient (Wildman–Crippen LogP) is 3.14. The van der Waals surface area contributed by atoms with Gasteiger partial charge in [-0.2, -0.15) is 0 Å². The van der Waals surface area contributed by atoms with E-state index in [0.29, 0.717) is 11.7 Å². The molecule has 1 saturated carbocycles. The van der Waals surface area contributed by atoms with Crippen molar-refractivity contribution in [1.82, 2.24) is 5.32 Å². The van der Waals surface area contributed by atoms with Crippen LogP contribution in [-0.2, 0) is 4.79 Å². The Morgan fingerprint density at radius 2 is 2.24 bits per heavy atom. The highest BCUT2D eigenvalue weighted by Crippen LogP contribution is 2.32. The third-order valence-electron chi connectivity index (χ3n) is 4.25. The Morgan fingerprint density at radius 3 is 2.90 bits per heavy atom. The van der Waals surface area contributed by atoms with Crippen molar-refractivity contribution in [3.63, 3.8) is 0 Å². The van der Waals surface area contributed by atoms with Crippen molar-refractivity contribution in [3.05, 3.63) is 29.8 Å². The lowest BCUT2D eigenvalue weighted by molar-refractivity contribution is -0.121. The summed E-state index contributed by atoms with van der Waals surface area (Å²) in [6.45, 7) is 4.29. The zero-order valence-corrected chi connectivity index (χ0v) is 13.7. The predicted molar refractivity (Wildman–Crippen MR) is 87.5 cm³/mol. The zero-order valence-electron chi connectivity index (χ0n) is 12.9. The van der Waals surface area contributed by atoms with Crippen molar-refractivity contribution in [2.45, 2.75) is 50.0 Å². The molecule has 2 unspecified atom stereocenters. The third-order valence-corrected chi connectivity index (χ3v) is 5.43. The standard InChI is InChI=1S/C17H25NO2S/c1-13-6-5-9-17(10-13,12-19)18-16(20)11-21-15-8-4-3-7-14(15)2/h3-4,7-8,13,19H,5-6,9-12H2,1-2H3,(H,18,20). The number of rotatable bonds is 5. The highest BCUT2D eigenvalue weighted by Gasteiger charge is 2.35. The molecule has 1 aromatic rings. The summed E-state index contributed by atoms with van der Waals surface area (Å²) in [4.78, 5) is 13.4. The molecule has 0 saturated heterocycles. The van der Waals surface area contributed by atoms with Crippen LogP contribution in [0.3, 0.4) is 0 Å². The molecule has 0 aliphatic heterocycles. The van der Waals surface area contributed by atoms with Gasteiger partial charge in [-0.15, -0.1) is 11.8 Å². The van der Waals surface area contributed by atoms with E-state index >= 15 is 0 Å². The van der Waals surface area contributed by atoms with Gasteiger partial charge in [0.2, 0.25) is 5.91 Å². The monoisotopic (exact) mass is 307 g/mol. The number of benzene rings is 1. The van der Waals surface area contributed by atoms with Crippen LogP contribution in [0.1, 0.15) is 38.2 Å². The molecule has 0 spiro atoms. The van der Waals surface area contributed by atoms with Crippen LogP contribution >= 0.6 is 11.8 Å². The van der Waals surface area contributed by atoms with E-state index in [1.54, 1.807) is 11.8 Å². The van der Waals surface area contributed by atoms with Crippen LogP contribution in [0.15, 0.2) is 29.2 Å². The van der Waals surface area contributed by atoms with E-state index in [4.69, 9.17) is 0 Å². The first-order valence-electron chi connectivity index (χ1n) is 7.65. The number of hydrogen-bond donors (Lipinski definition) is 2. The first-order chi connectivity index (χ1) is 10.0. The maximum atomic E-state index is 12.2. The molecule has 3 nitrogen and oxygen atoms in total. The van der Waals surface area contributed by atoms with Crippen molar-refractivity contribution >= 4 is 17.7 Å². The van der Waals surface area contributed by atoms with E-state index < -0.39 is 5.54 Å². The van der Waals surface area contributed by atoms with Gasteiger partial charge in [0.05, 0.1) is 17.9 Å². The fraction of sp³-hybridized carbons (Fsp3) is 0.588. The molecule has 116 valence electrons. The summed E-state index contributed by atoms with van der Waals surface area (Å²) in [6, 6.07) is 8.09. The molecule has 1 fully saturated rings. The number of thioether (sulfide) groups is 1. The summed E-state index contributed by atoms with van der Waals surface area (Å²) in [7, 11) is 0. The fourth-order valence-electron chi connectivity index (χ4n) is 3.15. The lowest BCUT2D eigenvalue weighted by atomic mass is 9.77. The van der Waals surface area contributed by atoms with Crippen LogP contribution in [0.5, 0.6) is 0 Å². The average Bonchev–Trinajstić information content (AvgIpc) is 2.46. The normalized spacial score (nSPS) is 25.6. The number of nitrogens with one attached hydrogen (secondary N) is 1. The van der Waals surface area contributed by atoms with Crippen LogP contribution in [0, 0.1) is 12.8 Å². The van der Waals surface area contributed by atoms with Crippen LogP contribution in [0.2, 0.25) is 0 Å². The van der Waals surface area contributed by atoms with Gasteiger partial charge in [0, 0.05) is 4.90 Å². The van der Waals surface area contributed by atoms with Crippen molar-refractivity contribution in [2.24, 2.45) is 5.92 Å². The second-order valence-corrected chi connectivity index (χ2v) is 7.26. The molecule has 2 atom stereocenters. The van der Waals surface area contributed by atoms with Crippen molar-refractivity contribution < 1.29 is 9.90 Å². The number of carbonyl (C=O) groups is 1. The highest BCUT2D eigenvalue weighted by molar-refractivity contribution is 8.00. The molecule has 0 radical (unpaired) electrons. The molecule has 2 rings (SSSR count). The van der Waals surface area contributed by atoms with Crippen molar-refractivity contribution in [1.29, 1.82) is 0 Å². The molecule has 0 aromatic heterocycles. The van der Waals surface area contributed by atoms with E-state index in [2.05, 4.69) is 25.2 Å². The van der Waals surface area contributed by atoms with Crippen LogP contribution in [0.25, 0.3) is 0 Å². The maximum absolute atomic E-state index is 12.2. The zero-order chi connectivity index (χ0) is 15.3. The van der Waals surface area contributed by atoms with Gasteiger partial charge in [0.1, 0.15) is 0 Å². The summed E-state index contributed by atoms with van der Waals surface area (Å²) >= 11 is 1.56. The summed E-state index contributed by atoms with van der Waals surface area (Å²) in [5, 5.41) is 12.8. The third kappa shape index (κ3) is 4.48. The molecule has 1 amide bonds. The second-order valence-electron chi connectivity index (χ2n) is 6.24. The van der Waals surface area contributed by atoms with Gasteiger partial charge in [-0.3, -0.25) is 4.79 Å². The minimum Gasteiger partial charge on any atom is -0.394 e. The number of amides is 1. The second kappa shape index (κ2) is 7.32. The number of aryl methyl sites for hydroxylation is 1. The molecular formula is C17H25NO2S. The molecule has 1 aliphatic carbocycles. The van der Waals surface area contributed by atoms with Gasteiger partial charge in [0.25, 0.3) is 0 Å². The Balaban J connectivity index is 1.90. The van der Waals surface area contributed by atoms with Gasteiger partial charge in [-0.05, 0) is 37.3 Å². The molecule has 1 aliphatic rings. The fourth-order valence-corrected chi connectivity index (χ4v) is 3.98. The van der Waals surface area contributed by atoms with Crippen LogP contribution < -0.4 is 5.32 Å². The first-order valence-corrected chi connectivity index (χ1v) is 8.63. The molecule has 21 heavy (non-hydrogen) atoms. The number of carbonyl (C=O) groups excluding carboxylic acids is 1. The Morgan fingerprint density at radius 1 is 1.48 bits per heavy atom. The summed E-state index contributed by atoms with van der Waals surface area (Å²) in [5.74, 6) is 0.989. The van der Waals surface area contributed by atoms with Crippen LogP contribution in [-0.4, -0.2) is 28.9 Å². The molecule has 1 aromatic carbocycles. The smallest absolute Gasteiger partial charge is 0.230 e. The Kier molecular flexibility index (Phi) is 5.71. The Labute approximate surface area is 131 Å². The topological polar surface area (TPSA) is 49.3 Å². The number of aliphatic hydroxyl groups is 1. The highest BCUT2D eigenvalue weighted by atomic mass is 32.2. The minimum absolute atomic E-state index is 0.0198. The number of hydrogen-bond acceptors (Lipinski definition) is 3. The molecule has 0 heterocycles. The molecule has 0 bridgehead atoms. The SMILES string of the molecule is Cc1ccccc1SCC(=O)NC1(CO)CCCC(C)C1. The molecular weight excluding hydrogens is 282 g/mol. The lowest BCUT2D eigenvalue weighted by Crippen LogP contribution is -2.54. The summed E-state index contributed by atoms with van der Waals surface area (Å²) < 4.78 is 0. The Hall–Kier alpha value is -1.00. The van der Waals surface area contributed by atoms with Crippen molar-refractivity contribution in [2.75, 3.05) is 12.4 Å². The molecule has 4 heteroatoms. The van der Waals surface area contributed by atoms with Crippen molar-refractivity contribution in [3.8, 4) is 0 Å². The average molecular weight is 307 g/mol. The van der Waals surface area contributed by atoms with Crippen LogP contribution in [0.4, 0.5) is 0 Å². The quantitative estimate of drug-likeness (QED) is 0.822.